The van der Waals surface area contributed by atoms with E-state index in [9.17, 15) is 15.0 Å². The van der Waals surface area contributed by atoms with Crippen LogP contribution < -0.4 is 16.8 Å². The molecule has 13 nitrogen and oxygen atoms in total. The first-order valence-corrected chi connectivity index (χ1v) is 10.5. The zero-order chi connectivity index (χ0) is 25.5. The molecule has 4 unspecified atom stereocenters. The smallest absolute Gasteiger partial charge is 0.320 e. The number of aliphatic hydroxyl groups is 3. The molecule has 0 saturated heterocycles. The molecule has 13 heteroatoms. The summed E-state index contributed by atoms with van der Waals surface area (Å²) in [5.41, 5.74) is 10.4. The average Bonchev–Trinajstić information content (AvgIpc) is 2.73. The van der Waals surface area contributed by atoms with Gasteiger partial charge in [-0.3, -0.25) is 9.79 Å². The van der Waals surface area contributed by atoms with Crippen molar-refractivity contribution >= 4 is 11.9 Å². The van der Waals surface area contributed by atoms with Crippen LogP contribution in [0.3, 0.4) is 0 Å². The molecule has 0 spiro atoms. The zero-order valence-electron chi connectivity index (χ0n) is 19.6. The Morgan fingerprint density at radius 3 is 2.03 bits per heavy atom. The minimum atomic E-state index is -1.02. The minimum absolute atomic E-state index is 0.0197. The van der Waals surface area contributed by atoms with Crippen LogP contribution in [-0.4, -0.2) is 124 Å². The standard InChI is InChI=1S/C13H28N4O6.C7H14O3/c1-22-6-10(19)8-23-7-9(18)5-17-11(12(20)21)3-2-4-16-13(14)15;1-3-4-10-6-7(8)5-9-2/h9-11,17-19H,2-8H2,1H3,(H,20,21)(H4,14,15,16);3,7-8H,1,4-6H2,2H3. The van der Waals surface area contributed by atoms with Crippen LogP contribution in [0.5, 0.6) is 0 Å². The molecule has 0 bridgehead atoms. The number of rotatable bonds is 20. The third-order valence-corrected chi connectivity index (χ3v) is 3.73. The molecule has 0 aliphatic carbocycles. The van der Waals surface area contributed by atoms with Crippen molar-refractivity contribution < 1.29 is 44.2 Å². The number of carbonyl (C=O) groups is 1. The van der Waals surface area contributed by atoms with Crippen LogP contribution >= 0.6 is 0 Å². The summed E-state index contributed by atoms with van der Waals surface area (Å²) in [7, 11) is 3.00. The fourth-order valence-corrected chi connectivity index (χ4v) is 2.26. The van der Waals surface area contributed by atoms with Gasteiger partial charge in [-0.25, -0.2) is 0 Å². The number of aliphatic hydroxyl groups excluding tert-OH is 3. The van der Waals surface area contributed by atoms with Crippen LogP contribution in [0.1, 0.15) is 12.8 Å². The van der Waals surface area contributed by atoms with Gasteiger partial charge in [0.15, 0.2) is 5.96 Å². The number of carboxylic acids is 1. The van der Waals surface area contributed by atoms with E-state index in [0.717, 1.165) is 0 Å². The molecule has 0 fully saturated rings. The molecule has 0 aromatic heterocycles. The van der Waals surface area contributed by atoms with Gasteiger partial charge >= 0.3 is 5.97 Å². The fourth-order valence-electron chi connectivity index (χ4n) is 2.26. The molecule has 4 atom stereocenters. The summed E-state index contributed by atoms with van der Waals surface area (Å²) >= 11 is 0. The van der Waals surface area contributed by atoms with Crippen molar-refractivity contribution in [1.82, 2.24) is 5.32 Å². The number of guanidine groups is 1. The van der Waals surface area contributed by atoms with Crippen molar-refractivity contribution in [2.75, 3.05) is 67.0 Å². The summed E-state index contributed by atoms with van der Waals surface area (Å²) in [6, 6.07) is -0.807. The summed E-state index contributed by atoms with van der Waals surface area (Å²) < 4.78 is 19.5. The normalized spacial score (nSPS) is 14.3. The van der Waals surface area contributed by atoms with Gasteiger partial charge in [-0.15, -0.1) is 6.58 Å². The highest BCUT2D eigenvalue weighted by molar-refractivity contribution is 5.75. The van der Waals surface area contributed by atoms with E-state index in [-0.39, 0.29) is 32.3 Å². The third-order valence-electron chi connectivity index (χ3n) is 3.73. The third kappa shape index (κ3) is 24.6. The number of carboxylic acid groups (broad SMARTS) is 1. The summed E-state index contributed by atoms with van der Waals surface area (Å²) in [6.07, 6.45) is 0.292. The van der Waals surface area contributed by atoms with Crippen molar-refractivity contribution in [2.45, 2.75) is 37.2 Å². The number of methoxy groups -OCH3 is 2. The van der Waals surface area contributed by atoms with Crippen LogP contribution in [0, 0.1) is 0 Å². The predicted octanol–water partition coefficient (Wildman–Crippen LogP) is -2.34. The predicted molar refractivity (Wildman–Crippen MR) is 123 cm³/mol. The van der Waals surface area contributed by atoms with Gasteiger partial charge in [0.05, 0.1) is 45.7 Å². The number of nitrogens with zero attached hydrogens (tertiary/aromatic N) is 1. The summed E-state index contributed by atoms with van der Waals surface area (Å²) in [5.74, 6) is -1.05. The Morgan fingerprint density at radius 1 is 1.00 bits per heavy atom. The number of hydrogen-bond donors (Lipinski definition) is 7. The Labute approximate surface area is 195 Å². The molecule has 9 N–H and O–H groups in total. The SMILES string of the molecule is C=CCOCC(O)COC.COCC(O)COCC(O)CNC(CCCN=C(N)N)C(=O)O. The minimum Gasteiger partial charge on any atom is -0.480 e. The molecule has 196 valence electrons. The molecule has 0 aromatic carbocycles. The van der Waals surface area contributed by atoms with Gasteiger partial charge in [0.2, 0.25) is 0 Å². The van der Waals surface area contributed by atoms with Gasteiger partial charge in [0.1, 0.15) is 18.2 Å². The number of nitrogens with one attached hydrogen (secondary N) is 1. The van der Waals surface area contributed by atoms with Crippen LogP contribution in [0.25, 0.3) is 0 Å². The van der Waals surface area contributed by atoms with Crippen molar-refractivity contribution in [3.05, 3.63) is 12.7 Å². The topological polar surface area (TPSA) is 211 Å². The average molecular weight is 483 g/mol. The molecule has 0 heterocycles. The number of hydrogen-bond acceptors (Lipinski definition) is 10. The van der Waals surface area contributed by atoms with Gasteiger partial charge in [0, 0.05) is 27.3 Å². The Balaban J connectivity index is 0. The lowest BCUT2D eigenvalue weighted by molar-refractivity contribution is -0.139. The highest BCUT2D eigenvalue weighted by Gasteiger charge is 2.18. The second-order valence-electron chi connectivity index (χ2n) is 6.98. The van der Waals surface area contributed by atoms with E-state index < -0.39 is 30.3 Å². The largest absolute Gasteiger partial charge is 0.480 e. The maximum atomic E-state index is 11.1. The lowest BCUT2D eigenvalue weighted by Crippen LogP contribution is -2.42. The first-order valence-electron chi connectivity index (χ1n) is 10.5. The van der Waals surface area contributed by atoms with Crippen molar-refractivity contribution in [2.24, 2.45) is 16.5 Å². The molecule has 33 heavy (non-hydrogen) atoms. The van der Waals surface area contributed by atoms with E-state index in [1.54, 1.807) is 6.08 Å². The van der Waals surface area contributed by atoms with E-state index in [4.69, 9.17) is 35.9 Å². The number of nitrogens with two attached hydrogens (primary N) is 2. The molecule has 0 aliphatic rings. The van der Waals surface area contributed by atoms with Gasteiger partial charge in [-0.1, -0.05) is 6.08 Å². The first kappa shape index (κ1) is 33.3. The molecule has 0 saturated carbocycles. The highest BCUT2D eigenvalue weighted by atomic mass is 16.5. The van der Waals surface area contributed by atoms with Crippen molar-refractivity contribution in [3.63, 3.8) is 0 Å². The Bertz CT molecular complexity index is 508. The van der Waals surface area contributed by atoms with Crippen molar-refractivity contribution in [3.8, 4) is 0 Å². The monoisotopic (exact) mass is 482 g/mol. The number of aliphatic imine (C=N–C) groups is 1. The summed E-state index contributed by atoms with van der Waals surface area (Å²) in [6.45, 7) is 5.12. The molecule has 0 aromatic rings. The summed E-state index contributed by atoms with van der Waals surface area (Å²) in [4.78, 5) is 14.9. The summed E-state index contributed by atoms with van der Waals surface area (Å²) in [5, 5.41) is 39.9. The molecule has 0 amide bonds. The molecule has 0 aliphatic heterocycles. The van der Waals surface area contributed by atoms with Gasteiger partial charge < -0.3 is 56.2 Å². The molecule has 0 radical (unpaired) electrons. The van der Waals surface area contributed by atoms with Crippen LogP contribution in [-0.2, 0) is 23.7 Å². The maximum absolute atomic E-state index is 11.1. The Hall–Kier alpha value is -1.84. The lowest BCUT2D eigenvalue weighted by Gasteiger charge is -2.18. The zero-order valence-corrected chi connectivity index (χ0v) is 19.6. The lowest BCUT2D eigenvalue weighted by atomic mass is 10.1. The van der Waals surface area contributed by atoms with E-state index >= 15 is 0 Å². The quantitative estimate of drug-likeness (QED) is 0.0421. The Morgan fingerprint density at radius 2 is 1.55 bits per heavy atom. The van der Waals surface area contributed by atoms with E-state index in [1.165, 1.54) is 14.2 Å². The van der Waals surface area contributed by atoms with E-state index in [2.05, 4.69) is 21.6 Å². The number of aliphatic carboxylic acids is 1. The number of ether oxygens (including phenoxy) is 4. The van der Waals surface area contributed by atoms with E-state index in [0.29, 0.717) is 39.2 Å². The Kier molecular flexibility index (Phi) is 23.6. The van der Waals surface area contributed by atoms with Gasteiger partial charge in [-0.05, 0) is 12.8 Å². The van der Waals surface area contributed by atoms with Gasteiger partial charge in [-0.2, -0.15) is 0 Å². The van der Waals surface area contributed by atoms with Gasteiger partial charge in [0.25, 0.3) is 0 Å². The fraction of sp³-hybridized carbons (Fsp3) is 0.800. The van der Waals surface area contributed by atoms with E-state index in [1.807, 2.05) is 0 Å². The molecular formula is C20H42N4O9. The first-order chi connectivity index (χ1) is 15.7. The second kappa shape index (κ2) is 23.3. The second-order valence-corrected chi connectivity index (χ2v) is 6.98. The molecule has 0 rings (SSSR count). The van der Waals surface area contributed by atoms with Crippen LogP contribution in [0.2, 0.25) is 0 Å². The maximum Gasteiger partial charge on any atom is 0.320 e. The highest BCUT2D eigenvalue weighted by Crippen LogP contribution is 1.99. The molecular weight excluding hydrogens is 440 g/mol. The van der Waals surface area contributed by atoms with Crippen LogP contribution in [0.15, 0.2) is 17.6 Å². The van der Waals surface area contributed by atoms with Crippen LogP contribution in [0.4, 0.5) is 0 Å². The van der Waals surface area contributed by atoms with Crippen molar-refractivity contribution in [1.29, 1.82) is 0 Å².